The topological polar surface area (TPSA) is 105 Å². The van der Waals surface area contributed by atoms with Gasteiger partial charge >= 0.3 is 0 Å². The maximum absolute atomic E-state index is 14.2. The van der Waals surface area contributed by atoms with Gasteiger partial charge in [0.2, 0.25) is 0 Å². The summed E-state index contributed by atoms with van der Waals surface area (Å²) < 4.78 is 17.3. The molecule has 0 aromatic carbocycles. The molecule has 173 valence electrons. The van der Waals surface area contributed by atoms with Crippen LogP contribution in [0.15, 0.2) is 11.1 Å². The Morgan fingerprint density at radius 2 is 1.74 bits per heavy atom. The number of carbonyl (C=O) groups is 1. The van der Waals surface area contributed by atoms with Gasteiger partial charge in [-0.05, 0) is 30.9 Å². The molecule has 0 aromatic rings. The van der Waals surface area contributed by atoms with Gasteiger partial charge in [0.15, 0.2) is 5.78 Å². The minimum atomic E-state index is -1.36. The third kappa shape index (κ3) is 3.05. The van der Waals surface area contributed by atoms with E-state index in [0.717, 1.165) is 0 Å². The van der Waals surface area contributed by atoms with E-state index in [1.165, 1.54) is 7.11 Å². The maximum atomic E-state index is 14.2. The van der Waals surface area contributed by atoms with Gasteiger partial charge in [-0.15, -0.1) is 0 Å². The summed E-state index contributed by atoms with van der Waals surface area (Å²) >= 11 is 0. The summed E-state index contributed by atoms with van der Waals surface area (Å²) in [4.78, 5) is 14.2. The summed E-state index contributed by atoms with van der Waals surface area (Å²) in [6, 6.07) is 0. The molecule has 1 radical (unpaired) electrons. The molecule has 0 amide bonds. The molecule has 3 fully saturated rings. The van der Waals surface area contributed by atoms with Crippen molar-refractivity contribution in [2.24, 2.45) is 22.7 Å². The quantitative estimate of drug-likeness (QED) is 0.386. The molecule has 0 aromatic heterocycles. The van der Waals surface area contributed by atoms with Crippen LogP contribution in [0.4, 0.5) is 0 Å². The van der Waals surface area contributed by atoms with Gasteiger partial charge in [0, 0.05) is 82.5 Å². The number of Topliss-reactive ketones (excluding diaryl/α,β-unsaturated/α-hetero) is 1. The largest absolute Gasteiger partial charge is 0.389 e. The molecule has 1 aliphatic heterocycles. The van der Waals surface area contributed by atoms with Gasteiger partial charge in [-0.25, -0.2) is 0 Å². The summed E-state index contributed by atoms with van der Waals surface area (Å²) in [6.45, 7) is 9.47. The number of aliphatic hydroxyl groups excluding tert-OH is 1. The second-order valence-corrected chi connectivity index (χ2v) is 10.6. The summed E-state index contributed by atoms with van der Waals surface area (Å²) in [6.07, 6.45) is -2.24. The van der Waals surface area contributed by atoms with Gasteiger partial charge in [-0.3, -0.25) is 4.79 Å². The van der Waals surface area contributed by atoms with Crippen LogP contribution in [0.5, 0.6) is 0 Å². The molecule has 1 saturated heterocycles. The van der Waals surface area contributed by atoms with Crippen LogP contribution in [0.2, 0.25) is 0 Å². The predicted octanol–water partition coefficient (Wildman–Crippen LogP) is 1.23. The van der Waals surface area contributed by atoms with Gasteiger partial charge < -0.3 is 29.5 Å². The van der Waals surface area contributed by atoms with Gasteiger partial charge in [0.1, 0.15) is 11.7 Å². The first-order valence-electron chi connectivity index (χ1n) is 10.9. The van der Waals surface area contributed by atoms with Crippen LogP contribution in [0.3, 0.4) is 0 Å². The molecule has 4 rings (SSSR count). The Morgan fingerprint density at radius 1 is 1.13 bits per heavy atom. The Balaban J connectivity index is 0.00000272. The Hall–Kier alpha value is 0.612. The number of rotatable bonds is 2. The van der Waals surface area contributed by atoms with Crippen LogP contribution in [0.1, 0.15) is 47.5 Å². The summed E-state index contributed by atoms with van der Waals surface area (Å²) in [5, 5.41) is 34.8. The number of carbonyl (C=O) groups excluding carboxylic acids is 1. The van der Waals surface area contributed by atoms with E-state index >= 15 is 0 Å². The number of aliphatic hydroxyl groups is 3. The smallest absolute Gasteiger partial charge is 0.174 e. The monoisotopic (exact) mass is 651 g/mol. The molecule has 31 heavy (non-hydrogen) atoms. The fourth-order valence-corrected chi connectivity index (χ4v) is 7.51. The van der Waals surface area contributed by atoms with Crippen molar-refractivity contribution in [1.29, 1.82) is 0 Å². The van der Waals surface area contributed by atoms with E-state index < -0.39 is 58.3 Å². The predicted molar refractivity (Wildman–Crippen MR) is 109 cm³/mol. The normalized spacial score (nSPS) is 51.0. The van der Waals surface area contributed by atoms with Gasteiger partial charge in [0.25, 0.3) is 0 Å². The third-order valence-electron chi connectivity index (χ3n) is 9.34. The second kappa shape index (κ2) is 8.09. The SMILES string of the molecule is COC1C(=O)[C@]2(C)C(OC)CC3OCC3(O)C2[C@H](C)C2(O)CC(O)C(C)=C1C2(C)C.[Ac]. The van der Waals surface area contributed by atoms with Crippen LogP contribution in [0.25, 0.3) is 0 Å². The van der Waals surface area contributed by atoms with Crippen molar-refractivity contribution in [2.45, 2.75) is 83.1 Å². The standard InChI is InChI=1S/C23H36O7.Ac/c1-11-13(24)9-23(27)12(2)18-21(5,14(28-6)8-15-22(18,26)10-30-15)19(25)17(29-7)16(11)20(23,3)4;/h12-15,17-18,24,26-27H,8-10H2,1-7H3;/t12-,13?,14?,15?,17?,18?,21+,22?,23?;/m0./s1. The van der Waals surface area contributed by atoms with E-state index in [-0.39, 0.29) is 62.9 Å². The number of ketones is 1. The minimum absolute atomic E-state index is 0. The molecule has 0 spiro atoms. The molecule has 7 nitrogen and oxygen atoms in total. The molecule has 7 unspecified atom stereocenters. The average Bonchev–Trinajstić information content (AvgIpc) is 2.67. The number of hydrogen-bond acceptors (Lipinski definition) is 7. The molecule has 9 atom stereocenters. The Labute approximate surface area is 220 Å². The van der Waals surface area contributed by atoms with Crippen molar-refractivity contribution in [1.82, 2.24) is 0 Å². The molecule has 2 saturated carbocycles. The van der Waals surface area contributed by atoms with E-state index in [1.54, 1.807) is 7.11 Å². The van der Waals surface area contributed by atoms with E-state index in [4.69, 9.17) is 14.2 Å². The number of ether oxygens (including phenoxy) is 3. The summed E-state index contributed by atoms with van der Waals surface area (Å²) in [5.41, 5.74) is -3.24. The Bertz CT molecular complexity index is 797. The average molecular weight is 652 g/mol. The van der Waals surface area contributed by atoms with Crippen LogP contribution >= 0.6 is 0 Å². The van der Waals surface area contributed by atoms with E-state index in [2.05, 4.69) is 0 Å². The summed E-state index contributed by atoms with van der Waals surface area (Å²) in [5.74, 6) is -1.30. The first-order valence-corrected chi connectivity index (χ1v) is 10.9. The molecule has 4 aliphatic rings. The third-order valence-corrected chi connectivity index (χ3v) is 9.34. The zero-order chi connectivity index (χ0) is 22.4. The van der Waals surface area contributed by atoms with Crippen molar-refractivity contribution in [2.75, 3.05) is 20.8 Å². The fourth-order valence-electron chi connectivity index (χ4n) is 7.51. The first-order chi connectivity index (χ1) is 13.8. The maximum Gasteiger partial charge on any atom is 0.174 e. The van der Waals surface area contributed by atoms with Crippen molar-refractivity contribution >= 4 is 5.78 Å². The zero-order valence-corrected chi connectivity index (χ0v) is 24.4. The molecule has 3 aliphatic carbocycles. The fraction of sp³-hybridized carbons (Fsp3) is 0.870. The van der Waals surface area contributed by atoms with Crippen LogP contribution in [-0.2, 0) is 19.0 Å². The van der Waals surface area contributed by atoms with E-state index in [1.807, 2.05) is 34.6 Å². The second-order valence-electron chi connectivity index (χ2n) is 10.6. The Kier molecular flexibility index (Phi) is 6.84. The number of fused-ring (bicyclic) bond motifs is 5. The minimum Gasteiger partial charge on any atom is -0.389 e. The van der Waals surface area contributed by atoms with Gasteiger partial charge in [-0.1, -0.05) is 20.8 Å². The number of methoxy groups -OCH3 is 2. The van der Waals surface area contributed by atoms with Crippen LogP contribution < -0.4 is 0 Å². The Morgan fingerprint density at radius 3 is 2.23 bits per heavy atom. The van der Waals surface area contributed by atoms with Crippen LogP contribution in [0, 0.1) is 66.7 Å². The van der Waals surface area contributed by atoms with Crippen molar-refractivity contribution in [3.63, 3.8) is 0 Å². The number of hydrogen-bond donors (Lipinski definition) is 3. The molecule has 1 heterocycles. The van der Waals surface area contributed by atoms with E-state index in [9.17, 15) is 20.1 Å². The molecule has 2 bridgehead atoms. The molecular formula is C23H36AcO7. The van der Waals surface area contributed by atoms with Crippen molar-refractivity contribution in [3.05, 3.63) is 11.1 Å². The van der Waals surface area contributed by atoms with Crippen molar-refractivity contribution in [3.8, 4) is 0 Å². The zero-order valence-electron chi connectivity index (χ0n) is 19.6. The first kappa shape index (κ1) is 26.2. The van der Waals surface area contributed by atoms with Crippen molar-refractivity contribution < 1.29 is 78.4 Å². The summed E-state index contributed by atoms with van der Waals surface area (Å²) in [7, 11) is 3.05. The molecular weight excluding hydrogens is 615 g/mol. The van der Waals surface area contributed by atoms with Crippen LogP contribution in [-0.4, -0.2) is 77.5 Å². The molecule has 8 heteroatoms. The van der Waals surface area contributed by atoms with Gasteiger partial charge in [-0.2, -0.15) is 0 Å². The van der Waals surface area contributed by atoms with Gasteiger partial charge in [0.05, 0.1) is 35.9 Å². The van der Waals surface area contributed by atoms with E-state index in [0.29, 0.717) is 17.6 Å². The molecule has 3 N–H and O–H groups in total.